The molecule has 0 aliphatic heterocycles. The number of rotatable bonds is 5. The highest BCUT2D eigenvalue weighted by Crippen LogP contribution is 2.36. The molecule has 0 radical (unpaired) electrons. The van der Waals surface area contributed by atoms with E-state index in [2.05, 4.69) is 35.9 Å². The molecule has 0 aliphatic carbocycles. The Labute approximate surface area is 228 Å². The number of hydrogen-bond acceptors (Lipinski definition) is 8. The molecule has 4 heterocycles. The van der Waals surface area contributed by atoms with E-state index in [-0.39, 0.29) is 27.2 Å². The number of halogens is 5. The van der Waals surface area contributed by atoms with Gasteiger partial charge in [0.15, 0.2) is 17.3 Å². The minimum Gasteiger partial charge on any atom is -0.444 e. The molecule has 12 nitrogen and oxygen atoms in total. The Balaban J connectivity index is 1.65. The topological polar surface area (TPSA) is 142 Å². The van der Waals surface area contributed by atoms with E-state index in [1.165, 1.54) is 30.7 Å². The van der Waals surface area contributed by atoms with Crippen molar-refractivity contribution in [2.75, 3.05) is 10.6 Å². The molecule has 39 heavy (non-hydrogen) atoms. The monoisotopic (exact) mass is 583 g/mol. The van der Waals surface area contributed by atoms with Crippen LogP contribution in [0.2, 0.25) is 10.0 Å². The Hall–Kier alpha value is -4.24. The average Bonchev–Trinajstić information content (AvgIpc) is 3.49. The van der Waals surface area contributed by atoms with E-state index in [1.807, 2.05) is 0 Å². The summed E-state index contributed by atoms with van der Waals surface area (Å²) in [6.07, 6.45) is -0.165. The molecule has 2 N–H and O–H groups in total. The van der Waals surface area contributed by atoms with Crippen molar-refractivity contribution in [1.82, 2.24) is 34.7 Å². The third-order valence-corrected chi connectivity index (χ3v) is 5.33. The molecule has 4 rings (SSSR count). The van der Waals surface area contributed by atoms with Gasteiger partial charge in [0.2, 0.25) is 0 Å². The van der Waals surface area contributed by atoms with Gasteiger partial charge >= 0.3 is 12.3 Å². The molecule has 0 aromatic carbocycles. The predicted molar refractivity (Wildman–Crippen MR) is 133 cm³/mol. The molecule has 2 amide bonds. The Morgan fingerprint density at radius 1 is 0.949 bits per heavy atom. The molecule has 0 bridgehead atoms. The number of ether oxygens (including phenoxy) is 1. The number of amides is 2. The highest BCUT2D eigenvalue weighted by molar-refractivity contribution is 6.35. The second-order valence-electron chi connectivity index (χ2n) is 8.74. The van der Waals surface area contributed by atoms with Crippen LogP contribution < -0.4 is 10.6 Å². The Bertz CT molecular complexity index is 1530. The van der Waals surface area contributed by atoms with Gasteiger partial charge in [-0.2, -0.15) is 28.5 Å². The van der Waals surface area contributed by atoms with Crippen LogP contribution in [0, 0.1) is 0 Å². The quantitative estimate of drug-likeness (QED) is 0.328. The van der Waals surface area contributed by atoms with Crippen molar-refractivity contribution in [3.63, 3.8) is 0 Å². The Morgan fingerprint density at radius 2 is 1.64 bits per heavy atom. The zero-order chi connectivity index (χ0) is 28.5. The minimum absolute atomic E-state index is 0.00139. The van der Waals surface area contributed by atoms with Crippen LogP contribution in [0.3, 0.4) is 0 Å². The molecule has 0 spiro atoms. The van der Waals surface area contributed by atoms with Gasteiger partial charge in [-0.05, 0) is 32.9 Å². The van der Waals surface area contributed by atoms with Crippen molar-refractivity contribution in [1.29, 1.82) is 0 Å². The maximum atomic E-state index is 14.2. The van der Waals surface area contributed by atoms with Crippen LogP contribution in [-0.4, -0.2) is 52.3 Å². The van der Waals surface area contributed by atoms with Crippen LogP contribution in [0.4, 0.5) is 29.3 Å². The van der Waals surface area contributed by atoms with E-state index >= 15 is 0 Å². The van der Waals surface area contributed by atoms with Gasteiger partial charge in [0.05, 0.1) is 46.7 Å². The molecule has 0 saturated heterocycles. The SMILES string of the molecule is CC(C)(C)OC(=O)Nc1ccnc(-n2ncc(C(=O)Nc3cnc(-n4nccn4)c(Cl)c3)c2C(F)(F)F)c1Cl. The van der Waals surface area contributed by atoms with Gasteiger partial charge in [-0.3, -0.25) is 10.1 Å². The van der Waals surface area contributed by atoms with E-state index < -0.39 is 40.9 Å². The summed E-state index contributed by atoms with van der Waals surface area (Å²) in [5.41, 5.74) is -3.21. The number of alkyl halides is 3. The first kappa shape index (κ1) is 27.8. The largest absolute Gasteiger partial charge is 0.444 e. The number of hydrogen-bond donors (Lipinski definition) is 2. The van der Waals surface area contributed by atoms with Crippen molar-refractivity contribution < 1.29 is 27.5 Å². The lowest BCUT2D eigenvalue weighted by atomic mass is 10.2. The van der Waals surface area contributed by atoms with Crippen molar-refractivity contribution in [3.05, 3.63) is 64.4 Å². The lowest BCUT2D eigenvalue weighted by Crippen LogP contribution is -2.27. The first-order chi connectivity index (χ1) is 18.2. The first-order valence-corrected chi connectivity index (χ1v) is 11.6. The number of carbonyl (C=O) groups excluding carboxylic acids is 2. The highest BCUT2D eigenvalue weighted by atomic mass is 35.5. The smallest absolute Gasteiger partial charge is 0.434 e. The third kappa shape index (κ3) is 6.26. The van der Waals surface area contributed by atoms with Crippen LogP contribution in [0.25, 0.3) is 11.6 Å². The second kappa shape index (κ2) is 10.5. The molecule has 17 heteroatoms. The van der Waals surface area contributed by atoms with Gasteiger partial charge < -0.3 is 10.1 Å². The molecule has 0 atom stereocenters. The van der Waals surface area contributed by atoms with Crippen LogP contribution in [0.5, 0.6) is 0 Å². The summed E-state index contributed by atoms with van der Waals surface area (Å²) < 4.78 is 48.0. The predicted octanol–water partition coefficient (Wildman–Crippen LogP) is 5.17. The van der Waals surface area contributed by atoms with Crippen LogP contribution in [-0.2, 0) is 10.9 Å². The third-order valence-electron chi connectivity index (χ3n) is 4.68. The summed E-state index contributed by atoms with van der Waals surface area (Å²) in [5.74, 6) is -1.50. The fourth-order valence-electron chi connectivity index (χ4n) is 3.21. The Kier molecular flexibility index (Phi) is 7.48. The molecular weight excluding hydrogens is 566 g/mol. The van der Waals surface area contributed by atoms with Gasteiger partial charge in [-0.15, -0.1) is 4.80 Å². The highest BCUT2D eigenvalue weighted by Gasteiger charge is 2.41. The molecule has 4 aromatic heterocycles. The summed E-state index contributed by atoms with van der Waals surface area (Å²) in [5, 5.41) is 15.8. The summed E-state index contributed by atoms with van der Waals surface area (Å²) in [7, 11) is 0. The van der Waals surface area contributed by atoms with Gasteiger partial charge in [0, 0.05) is 6.20 Å². The molecule has 0 fully saturated rings. The summed E-state index contributed by atoms with van der Waals surface area (Å²) in [4.78, 5) is 34.1. The Morgan fingerprint density at radius 3 is 2.26 bits per heavy atom. The minimum atomic E-state index is -5.06. The van der Waals surface area contributed by atoms with Crippen LogP contribution in [0.15, 0.2) is 43.1 Å². The molecular formula is C22H18Cl2F3N9O3. The number of nitrogens with zero attached hydrogens (tertiary/aromatic N) is 7. The van der Waals surface area contributed by atoms with E-state index in [1.54, 1.807) is 20.8 Å². The number of nitrogens with one attached hydrogen (secondary N) is 2. The van der Waals surface area contributed by atoms with E-state index in [4.69, 9.17) is 27.9 Å². The number of pyridine rings is 2. The zero-order valence-corrected chi connectivity index (χ0v) is 21.8. The lowest BCUT2D eigenvalue weighted by molar-refractivity contribution is -0.143. The van der Waals surface area contributed by atoms with Crippen molar-refractivity contribution in [3.8, 4) is 11.6 Å². The fraction of sp³-hybridized carbons (Fsp3) is 0.227. The maximum Gasteiger partial charge on any atom is 0.434 e. The number of aromatic nitrogens is 7. The average molecular weight is 584 g/mol. The van der Waals surface area contributed by atoms with E-state index in [9.17, 15) is 22.8 Å². The second-order valence-corrected chi connectivity index (χ2v) is 9.53. The maximum absolute atomic E-state index is 14.2. The van der Waals surface area contributed by atoms with Crippen molar-refractivity contribution in [2.45, 2.75) is 32.5 Å². The summed E-state index contributed by atoms with van der Waals surface area (Å²) >= 11 is 12.4. The van der Waals surface area contributed by atoms with Gasteiger partial charge in [0.25, 0.3) is 5.91 Å². The zero-order valence-electron chi connectivity index (χ0n) is 20.3. The molecule has 0 unspecified atom stereocenters. The fourth-order valence-corrected chi connectivity index (χ4v) is 3.69. The van der Waals surface area contributed by atoms with Gasteiger partial charge in [-0.25, -0.2) is 19.4 Å². The van der Waals surface area contributed by atoms with Crippen molar-refractivity contribution >= 4 is 46.6 Å². The molecule has 204 valence electrons. The molecule has 0 aliphatic rings. The van der Waals surface area contributed by atoms with E-state index in [0.717, 1.165) is 11.0 Å². The van der Waals surface area contributed by atoms with Crippen molar-refractivity contribution in [2.24, 2.45) is 0 Å². The van der Waals surface area contributed by atoms with Crippen LogP contribution >= 0.6 is 23.2 Å². The first-order valence-electron chi connectivity index (χ1n) is 10.9. The normalized spacial score (nSPS) is 11.8. The van der Waals surface area contributed by atoms with Gasteiger partial charge in [0.1, 0.15) is 10.6 Å². The lowest BCUT2D eigenvalue weighted by Gasteiger charge is -2.20. The van der Waals surface area contributed by atoms with E-state index in [0.29, 0.717) is 10.9 Å². The standard InChI is InChI=1S/C22H18Cl2F3N9O3/c1-21(2,3)39-20(38)34-14-4-5-28-18(15(14)24)35-16(22(25,26)27)12(10-32-35)19(37)33-11-8-13(23)17(29-9-11)36-30-6-7-31-36/h4-10H,1-3H3,(H,33,37)(H,28,34,38). The van der Waals surface area contributed by atoms with Gasteiger partial charge in [-0.1, -0.05) is 23.2 Å². The summed E-state index contributed by atoms with van der Waals surface area (Å²) in [6.45, 7) is 4.90. The summed E-state index contributed by atoms with van der Waals surface area (Å²) in [6, 6.07) is 2.53. The number of anilines is 2. The van der Waals surface area contributed by atoms with Crippen LogP contribution in [0.1, 0.15) is 36.8 Å². The number of carbonyl (C=O) groups is 2. The molecule has 0 saturated carbocycles. The molecule has 4 aromatic rings.